The fraction of sp³-hybridized carbons (Fsp3) is 0.360. The molecule has 0 unspecified atom stereocenters. The summed E-state index contributed by atoms with van der Waals surface area (Å²) in [5, 5.41) is 3.02. The minimum absolute atomic E-state index is 0.0546. The van der Waals surface area contributed by atoms with E-state index in [4.69, 9.17) is 0 Å². The summed E-state index contributed by atoms with van der Waals surface area (Å²) in [6.07, 6.45) is 7.87. The van der Waals surface area contributed by atoms with E-state index in [-0.39, 0.29) is 11.9 Å². The molecule has 0 spiro atoms. The van der Waals surface area contributed by atoms with Gasteiger partial charge in [0.25, 0.3) is 0 Å². The number of ether oxygens (including phenoxy) is 1. The normalized spacial score (nSPS) is 12.4. The Morgan fingerprint density at radius 3 is 2.10 bits per heavy atom. The Hall–Kier alpha value is -2.88. The van der Waals surface area contributed by atoms with Crippen LogP contribution in [0.2, 0.25) is 0 Å². The Morgan fingerprint density at radius 2 is 1.48 bits per heavy atom. The number of carbonyl (C=O) groups is 2. The number of unbranched alkanes of at least 4 members (excludes halogenated alkanes) is 3. The van der Waals surface area contributed by atoms with Crippen LogP contribution in [0.3, 0.4) is 0 Å². The molecule has 4 heteroatoms. The summed E-state index contributed by atoms with van der Waals surface area (Å²) < 4.78 is 4.64. The zero-order chi connectivity index (χ0) is 20.5. The monoisotopic (exact) mass is 391 g/mol. The lowest BCUT2D eigenvalue weighted by Gasteiger charge is -2.12. The average Bonchev–Trinajstić information content (AvgIpc) is 2.90. The van der Waals surface area contributed by atoms with Crippen LogP contribution in [0.25, 0.3) is 5.57 Å². The van der Waals surface area contributed by atoms with Gasteiger partial charge in [-0.1, -0.05) is 61.4 Å². The van der Waals surface area contributed by atoms with E-state index < -0.39 is 0 Å². The molecule has 0 bridgehead atoms. The predicted molar refractivity (Wildman–Crippen MR) is 115 cm³/mol. The summed E-state index contributed by atoms with van der Waals surface area (Å²) in [5.41, 5.74) is 5.87. The first kappa shape index (κ1) is 20.8. The lowest BCUT2D eigenvalue weighted by atomic mass is 9.93. The highest BCUT2D eigenvalue weighted by Gasteiger charge is 2.18. The number of nitrogens with one attached hydrogen (secondary N) is 1. The van der Waals surface area contributed by atoms with Gasteiger partial charge in [-0.25, -0.2) is 0 Å². The van der Waals surface area contributed by atoms with Gasteiger partial charge in [-0.3, -0.25) is 9.59 Å². The smallest absolute Gasteiger partial charge is 0.305 e. The minimum atomic E-state index is -0.158. The minimum Gasteiger partial charge on any atom is -0.469 e. The van der Waals surface area contributed by atoms with Crippen LogP contribution < -0.4 is 5.32 Å². The van der Waals surface area contributed by atoms with E-state index in [1.54, 1.807) is 6.08 Å². The summed E-state index contributed by atoms with van der Waals surface area (Å²) >= 11 is 0. The van der Waals surface area contributed by atoms with Crippen molar-refractivity contribution in [1.29, 1.82) is 0 Å². The highest BCUT2D eigenvalue weighted by Crippen LogP contribution is 2.33. The Kier molecular flexibility index (Phi) is 7.62. The number of carbonyl (C=O) groups excluding carboxylic acids is 2. The fourth-order valence-corrected chi connectivity index (χ4v) is 3.82. The van der Waals surface area contributed by atoms with Crippen molar-refractivity contribution in [2.24, 2.45) is 0 Å². The van der Waals surface area contributed by atoms with Crippen molar-refractivity contribution in [2.75, 3.05) is 13.7 Å². The van der Waals surface area contributed by atoms with Gasteiger partial charge in [0.05, 0.1) is 7.11 Å². The second-order valence-corrected chi connectivity index (χ2v) is 7.40. The second kappa shape index (κ2) is 10.6. The first-order chi connectivity index (χ1) is 14.2. The van der Waals surface area contributed by atoms with Crippen LogP contribution in [0, 0.1) is 0 Å². The van der Waals surface area contributed by atoms with E-state index in [0.717, 1.165) is 55.2 Å². The molecule has 2 aromatic carbocycles. The summed E-state index contributed by atoms with van der Waals surface area (Å²) in [7, 11) is 1.41. The number of hydrogen-bond donors (Lipinski definition) is 1. The lowest BCUT2D eigenvalue weighted by molar-refractivity contribution is -0.140. The topological polar surface area (TPSA) is 55.4 Å². The van der Waals surface area contributed by atoms with E-state index in [1.807, 2.05) is 12.1 Å². The predicted octanol–water partition coefficient (Wildman–Crippen LogP) is 4.46. The molecule has 1 amide bonds. The third kappa shape index (κ3) is 5.80. The van der Waals surface area contributed by atoms with Crippen LogP contribution in [-0.2, 0) is 27.2 Å². The molecular formula is C25H29NO3. The lowest BCUT2D eigenvalue weighted by Crippen LogP contribution is -2.22. The Balaban J connectivity index is 1.61. The molecule has 1 N–H and O–H groups in total. The average molecular weight is 392 g/mol. The molecule has 4 nitrogen and oxygen atoms in total. The highest BCUT2D eigenvalue weighted by atomic mass is 16.5. The van der Waals surface area contributed by atoms with Crippen LogP contribution in [-0.4, -0.2) is 25.5 Å². The Bertz CT molecular complexity index is 836. The van der Waals surface area contributed by atoms with E-state index >= 15 is 0 Å². The number of hydrogen-bond acceptors (Lipinski definition) is 3. The maximum atomic E-state index is 12.6. The quantitative estimate of drug-likeness (QED) is 0.411. The highest BCUT2D eigenvalue weighted by molar-refractivity contribution is 6.00. The number of rotatable bonds is 8. The molecule has 3 rings (SSSR count). The molecule has 0 aliphatic heterocycles. The third-order valence-corrected chi connectivity index (χ3v) is 5.39. The molecule has 0 atom stereocenters. The maximum Gasteiger partial charge on any atom is 0.305 e. The largest absolute Gasteiger partial charge is 0.469 e. The van der Waals surface area contributed by atoms with Gasteiger partial charge >= 0.3 is 5.97 Å². The summed E-state index contributed by atoms with van der Waals surface area (Å²) in [6, 6.07) is 16.7. The molecule has 1 aliphatic rings. The van der Waals surface area contributed by atoms with E-state index in [1.165, 1.54) is 18.2 Å². The van der Waals surface area contributed by atoms with Crippen molar-refractivity contribution in [3.63, 3.8) is 0 Å². The van der Waals surface area contributed by atoms with Crippen LogP contribution in [0.5, 0.6) is 0 Å². The summed E-state index contributed by atoms with van der Waals surface area (Å²) in [5.74, 6) is -0.213. The molecule has 2 aromatic rings. The number of benzene rings is 2. The Morgan fingerprint density at radius 1 is 0.897 bits per heavy atom. The van der Waals surface area contributed by atoms with Crippen molar-refractivity contribution in [1.82, 2.24) is 5.32 Å². The maximum absolute atomic E-state index is 12.6. The first-order valence-electron chi connectivity index (χ1n) is 10.4. The number of fused-ring (bicyclic) bond motifs is 2. The van der Waals surface area contributed by atoms with Gasteiger partial charge in [-0.15, -0.1) is 0 Å². The van der Waals surface area contributed by atoms with Gasteiger partial charge in [0.2, 0.25) is 5.91 Å². The van der Waals surface area contributed by atoms with Gasteiger partial charge in [0.1, 0.15) is 0 Å². The van der Waals surface area contributed by atoms with Crippen LogP contribution >= 0.6 is 0 Å². The first-order valence-corrected chi connectivity index (χ1v) is 10.4. The van der Waals surface area contributed by atoms with Crippen molar-refractivity contribution in [3.05, 3.63) is 76.9 Å². The standard InChI is InChI=1S/C25H29NO3/c1-29-25(28)14-4-2-3-9-17-26-24(27)18-23-21-12-7-5-10-19(21)15-16-20-11-6-8-13-22(20)23/h5-8,10-13,18H,2-4,9,14-17H2,1H3,(H,26,27). The number of aryl methyl sites for hydroxylation is 2. The van der Waals surface area contributed by atoms with Gasteiger partial charge in [0.15, 0.2) is 0 Å². The van der Waals surface area contributed by atoms with Gasteiger partial charge in [-0.2, -0.15) is 0 Å². The molecule has 0 saturated carbocycles. The summed E-state index contributed by atoms with van der Waals surface area (Å²) in [4.78, 5) is 23.7. The van der Waals surface area contributed by atoms with Crippen molar-refractivity contribution < 1.29 is 14.3 Å². The van der Waals surface area contributed by atoms with Crippen LogP contribution in [0.15, 0.2) is 54.6 Å². The van der Waals surface area contributed by atoms with Gasteiger partial charge in [-0.05, 0) is 53.5 Å². The second-order valence-electron chi connectivity index (χ2n) is 7.40. The molecule has 152 valence electrons. The SMILES string of the molecule is COC(=O)CCCCCCNC(=O)C=C1c2ccccc2CCc2ccccc21. The molecule has 29 heavy (non-hydrogen) atoms. The number of esters is 1. The fourth-order valence-electron chi connectivity index (χ4n) is 3.82. The van der Waals surface area contributed by atoms with Crippen LogP contribution in [0.4, 0.5) is 0 Å². The molecule has 0 fully saturated rings. The summed E-state index contributed by atoms with van der Waals surface area (Å²) in [6.45, 7) is 0.643. The molecule has 1 aliphatic carbocycles. The number of amides is 1. The van der Waals surface area contributed by atoms with Gasteiger partial charge in [0, 0.05) is 19.0 Å². The molecule has 0 saturated heterocycles. The Labute approximate surface area is 173 Å². The van der Waals surface area contributed by atoms with Crippen molar-refractivity contribution in [3.8, 4) is 0 Å². The van der Waals surface area contributed by atoms with Crippen molar-refractivity contribution >= 4 is 17.4 Å². The molecule has 0 aromatic heterocycles. The zero-order valence-corrected chi connectivity index (χ0v) is 17.1. The van der Waals surface area contributed by atoms with Crippen molar-refractivity contribution in [2.45, 2.75) is 44.9 Å². The van der Waals surface area contributed by atoms with Crippen LogP contribution in [0.1, 0.15) is 54.4 Å². The van der Waals surface area contributed by atoms with Gasteiger partial charge < -0.3 is 10.1 Å². The van der Waals surface area contributed by atoms with E-state index in [9.17, 15) is 9.59 Å². The molecule has 0 radical (unpaired) electrons. The third-order valence-electron chi connectivity index (χ3n) is 5.39. The van der Waals surface area contributed by atoms with E-state index in [0.29, 0.717) is 13.0 Å². The molecular weight excluding hydrogens is 362 g/mol. The zero-order valence-electron chi connectivity index (χ0n) is 17.1. The molecule has 0 heterocycles. The number of methoxy groups -OCH3 is 1. The van der Waals surface area contributed by atoms with E-state index in [2.05, 4.69) is 46.5 Å².